The molecule has 0 aromatic heterocycles. The van der Waals surface area contributed by atoms with Crippen LogP contribution in [0.25, 0.3) is 0 Å². The monoisotopic (exact) mass is 247 g/mol. The summed E-state index contributed by atoms with van der Waals surface area (Å²) in [6, 6.07) is 9.16. The van der Waals surface area contributed by atoms with Crippen LogP contribution in [-0.2, 0) is 6.54 Å². The highest BCUT2D eigenvalue weighted by atomic mass is 19.1. The lowest BCUT2D eigenvalue weighted by molar-refractivity contribution is 0.446. The smallest absolute Gasteiger partial charge is 0.126 e. The molecule has 0 aliphatic carbocycles. The number of halogens is 1. The molecule has 0 aliphatic heterocycles. The Hall–Kier alpha value is -2.23. The van der Waals surface area contributed by atoms with E-state index in [0.717, 1.165) is 5.69 Å². The maximum absolute atomic E-state index is 13.1. The Labute approximate surface area is 105 Å². The Morgan fingerprint density at radius 2 is 1.89 bits per heavy atom. The molecule has 0 aliphatic rings. The molecular weight excluding hydrogens is 233 g/mol. The average Bonchev–Trinajstić information content (AvgIpc) is 2.32. The van der Waals surface area contributed by atoms with Gasteiger partial charge in [-0.15, -0.1) is 0 Å². The van der Waals surface area contributed by atoms with Crippen LogP contribution in [0.15, 0.2) is 36.4 Å². The van der Waals surface area contributed by atoms with E-state index in [1.807, 2.05) is 0 Å². The minimum atomic E-state index is -0.243. The van der Waals surface area contributed by atoms with Gasteiger partial charge in [0.2, 0.25) is 0 Å². The second kappa shape index (κ2) is 4.96. The summed E-state index contributed by atoms with van der Waals surface area (Å²) in [5, 5.41) is 21.9. The topological polar surface area (TPSA) is 52.5 Å². The number of aromatic hydroxyl groups is 2. The Balaban J connectivity index is 2.09. The zero-order valence-corrected chi connectivity index (χ0v) is 9.94. The van der Waals surface area contributed by atoms with Crippen molar-refractivity contribution in [1.82, 2.24) is 0 Å². The minimum absolute atomic E-state index is 0.0221. The fraction of sp³-hybridized carbons (Fsp3) is 0.143. The van der Waals surface area contributed by atoms with E-state index in [0.29, 0.717) is 17.7 Å². The minimum Gasteiger partial charge on any atom is -0.508 e. The molecule has 0 atom stereocenters. The lowest BCUT2D eigenvalue weighted by atomic mass is 10.1. The maximum atomic E-state index is 13.1. The van der Waals surface area contributed by atoms with Crippen molar-refractivity contribution in [2.75, 3.05) is 5.32 Å². The van der Waals surface area contributed by atoms with Crippen LogP contribution in [0.5, 0.6) is 11.5 Å². The number of anilines is 1. The van der Waals surface area contributed by atoms with E-state index in [1.165, 1.54) is 18.2 Å². The van der Waals surface area contributed by atoms with Gasteiger partial charge in [-0.3, -0.25) is 0 Å². The van der Waals surface area contributed by atoms with Gasteiger partial charge >= 0.3 is 0 Å². The number of hydrogen-bond donors (Lipinski definition) is 3. The van der Waals surface area contributed by atoms with Gasteiger partial charge in [-0.2, -0.15) is 0 Å². The van der Waals surface area contributed by atoms with Crippen molar-refractivity contribution in [1.29, 1.82) is 0 Å². The first-order chi connectivity index (χ1) is 8.56. The summed E-state index contributed by atoms with van der Waals surface area (Å²) in [6.07, 6.45) is 0. The molecule has 2 rings (SSSR count). The number of phenols is 2. The molecule has 0 heterocycles. The Morgan fingerprint density at radius 1 is 1.11 bits per heavy atom. The number of aryl methyl sites for hydroxylation is 1. The molecule has 4 heteroatoms. The van der Waals surface area contributed by atoms with E-state index in [9.17, 15) is 9.50 Å². The van der Waals surface area contributed by atoms with Gasteiger partial charge in [0.25, 0.3) is 0 Å². The first-order valence-electron chi connectivity index (χ1n) is 5.57. The van der Waals surface area contributed by atoms with Crippen molar-refractivity contribution >= 4 is 5.69 Å². The van der Waals surface area contributed by atoms with Crippen molar-refractivity contribution in [3.63, 3.8) is 0 Å². The van der Waals surface area contributed by atoms with Crippen molar-refractivity contribution in [3.05, 3.63) is 53.3 Å². The van der Waals surface area contributed by atoms with E-state index in [-0.39, 0.29) is 17.3 Å². The highest BCUT2D eigenvalue weighted by Gasteiger charge is 2.03. The normalized spacial score (nSPS) is 10.3. The number of phenolic OH excluding ortho intramolecular Hbond substituents is 2. The number of rotatable bonds is 3. The summed E-state index contributed by atoms with van der Waals surface area (Å²) >= 11 is 0. The van der Waals surface area contributed by atoms with Gasteiger partial charge in [0.15, 0.2) is 0 Å². The van der Waals surface area contributed by atoms with Crippen LogP contribution in [0, 0.1) is 12.7 Å². The molecule has 3 N–H and O–H groups in total. The predicted octanol–water partition coefficient (Wildman–Crippen LogP) is 3.16. The van der Waals surface area contributed by atoms with Crippen molar-refractivity contribution in [2.24, 2.45) is 0 Å². The third kappa shape index (κ3) is 2.71. The number of benzene rings is 2. The zero-order valence-electron chi connectivity index (χ0n) is 9.94. The second-order valence-electron chi connectivity index (χ2n) is 4.13. The predicted molar refractivity (Wildman–Crippen MR) is 68.2 cm³/mol. The number of nitrogens with one attached hydrogen (secondary N) is 1. The van der Waals surface area contributed by atoms with E-state index in [1.54, 1.807) is 25.1 Å². The van der Waals surface area contributed by atoms with Crippen LogP contribution in [0.4, 0.5) is 10.1 Å². The lowest BCUT2D eigenvalue weighted by Gasteiger charge is -2.09. The second-order valence-corrected chi connectivity index (χ2v) is 4.13. The maximum Gasteiger partial charge on any atom is 0.126 e. The highest BCUT2D eigenvalue weighted by Crippen LogP contribution is 2.23. The molecule has 0 spiro atoms. The summed E-state index contributed by atoms with van der Waals surface area (Å²) < 4.78 is 13.1. The molecule has 0 bridgehead atoms. The third-order valence-corrected chi connectivity index (χ3v) is 2.71. The molecule has 2 aromatic rings. The third-order valence-electron chi connectivity index (χ3n) is 2.71. The average molecular weight is 247 g/mol. The molecule has 3 nitrogen and oxygen atoms in total. The fourth-order valence-electron chi connectivity index (χ4n) is 1.65. The summed E-state index contributed by atoms with van der Waals surface area (Å²) in [6.45, 7) is 2.09. The summed E-state index contributed by atoms with van der Waals surface area (Å²) in [5.74, 6) is -0.191. The van der Waals surface area contributed by atoms with Crippen LogP contribution >= 0.6 is 0 Å². The Bertz CT molecular complexity index is 570. The highest BCUT2D eigenvalue weighted by molar-refractivity contribution is 5.48. The van der Waals surface area contributed by atoms with Crippen LogP contribution < -0.4 is 5.32 Å². The molecule has 0 saturated heterocycles. The Kier molecular flexibility index (Phi) is 3.37. The molecular formula is C14H14FNO2. The SMILES string of the molecule is Cc1cc(NCc2ccc(O)cc2O)ccc1F. The van der Waals surface area contributed by atoms with Gasteiger partial charge in [0, 0.05) is 23.9 Å². The van der Waals surface area contributed by atoms with Crippen molar-refractivity contribution < 1.29 is 14.6 Å². The van der Waals surface area contributed by atoms with Gasteiger partial charge < -0.3 is 15.5 Å². The van der Waals surface area contributed by atoms with Gasteiger partial charge in [0.1, 0.15) is 17.3 Å². The quantitative estimate of drug-likeness (QED) is 0.781. The Morgan fingerprint density at radius 3 is 2.56 bits per heavy atom. The van der Waals surface area contributed by atoms with Crippen LogP contribution in [-0.4, -0.2) is 10.2 Å². The molecule has 2 aromatic carbocycles. The van der Waals surface area contributed by atoms with Crippen molar-refractivity contribution in [2.45, 2.75) is 13.5 Å². The van der Waals surface area contributed by atoms with Crippen LogP contribution in [0.3, 0.4) is 0 Å². The van der Waals surface area contributed by atoms with E-state index in [4.69, 9.17) is 5.11 Å². The molecule has 0 saturated carbocycles. The molecule has 0 fully saturated rings. The standard InChI is InChI=1S/C14H14FNO2/c1-9-6-11(3-5-13(9)15)16-8-10-2-4-12(17)7-14(10)18/h2-7,16-18H,8H2,1H3. The van der Waals surface area contributed by atoms with Gasteiger partial charge in [-0.1, -0.05) is 0 Å². The molecule has 0 amide bonds. The largest absolute Gasteiger partial charge is 0.508 e. The zero-order chi connectivity index (χ0) is 13.1. The van der Waals surface area contributed by atoms with Gasteiger partial charge in [-0.25, -0.2) is 4.39 Å². The summed E-state index contributed by atoms with van der Waals surface area (Å²) in [4.78, 5) is 0. The van der Waals surface area contributed by atoms with Crippen LogP contribution in [0.2, 0.25) is 0 Å². The van der Waals surface area contributed by atoms with Gasteiger partial charge in [0.05, 0.1) is 0 Å². The number of hydrogen-bond acceptors (Lipinski definition) is 3. The van der Waals surface area contributed by atoms with E-state index in [2.05, 4.69) is 5.32 Å². The molecule has 18 heavy (non-hydrogen) atoms. The van der Waals surface area contributed by atoms with Crippen molar-refractivity contribution in [3.8, 4) is 11.5 Å². The molecule has 0 unspecified atom stereocenters. The van der Waals surface area contributed by atoms with E-state index < -0.39 is 0 Å². The van der Waals surface area contributed by atoms with E-state index >= 15 is 0 Å². The summed E-state index contributed by atoms with van der Waals surface area (Å²) in [7, 11) is 0. The van der Waals surface area contributed by atoms with Gasteiger partial charge in [-0.05, 0) is 42.8 Å². The first-order valence-corrected chi connectivity index (χ1v) is 5.57. The molecule has 94 valence electrons. The lowest BCUT2D eigenvalue weighted by Crippen LogP contribution is -2.00. The molecule has 0 radical (unpaired) electrons. The summed E-state index contributed by atoms with van der Waals surface area (Å²) in [5.41, 5.74) is 2.01. The van der Waals surface area contributed by atoms with Crippen LogP contribution in [0.1, 0.15) is 11.1 Å². The first kappa shape index (κ1) is 12.2. The fourth-order valence-corrected chi connectivity index (χ4v) is 1.65.